The van der Waals surface area contributed by atoms with E-state index in [9.17, 15) is 5.11 Å². The average Bonchev–Trinajstić information content (AvgIpc) is 2.29. The summed E-state index contributed by atoms with van der Waals surface area (Å²) in [6.07, 6.45) is 4.91. The quantitative estimate of drug-likeness (QED) is 0.903. The van der Waals surface area contributed by atoms with E-state index in [1.54, 1.807) is 6.07 Å². The molecule has 18 heavy (non-hydrogen) atoms. The van der Waals surface area contributed by atoms with Crippen LogP contribution >= 0.6 is 12.4 Å². The molecule has 1 aliphatic carbocycles. The largest absolute Gasteiger partial charge is 0.508 e. The minimum Gasteiger partial charge on any atom is -0.508 e. The van der Waals surface area contributed by atoms with Gasteiger partial charge in [0.2, 0.25) is 0 Å². The Morgan fingerprint density at radius 1 is 1.17 bits per heavy atom. The molecule has 0 heterocycles. The van der Waals surface area contributed by atoms with E-state index in [1.807, 2.05) is 12.1 Å². The highest BCUT2D eigenvalue weighted by molar-refractivity contribution is 5.85. The van der Waals surface area contributed by atoms with Gasteiger partial charge in [-0.25, -0.2) is 0 Å². The second kappa shape index (κ2) is 6.81. The van der Waals surface area contributed by atoms with E-state index >= 15 is 0 Å². The minimum atomic E-state index is 0. The maximum absolute atomic E-state index is 9.58. The van der Waals surface area contributed by atoms with Crippen LogP contribution in [0.25, 0.3) is 5.57 Å². The summed E-state index contributed by atoms with van der Waals surface area (Å²) in [5, 5.41) is 9.58. The van der Waals surface area contributed by atoms with Crippen molar-refractivity contribution in [1.82, 2.24) is 4.90 Å². The van der Waals surface area contributed by atoms with Gasteiger partial charge in [0.1, 0.15) is 5.75 Å². The molecule has 0 amide bonds. The lowest BCUT2D eigenvalue weighted by Crippen LogP contribution is -2.17. The van der Waals surface area contributed by atoms with Gasteiger partial charge >= 0.3 is 0 Å². The number of aromatic hydroxyl groups is 1. The fourth-order valence-electron chi connectivity index (χ4n) is 2.57. The molecule has 1 N–H and O–H groups in total. The lowest BCUT2D eigenvalue weighted by atomic mass is 9.87. The molecule has 0 saturated carbocycles. The molecule has 100 valence electrons. The molecule has 0 aliphatic heterocycles. The van der Waals surface area contributed by atoms with E-state index in [4.69, 9.17) is 0 Å². The van der Waals surface area contributed by atoms with E-state index in [-0.39, 0.29) is 12.4 Å². The molecule has 2 nitrogen and oxygen atoms in total. The maximum Gasteiger partial charge on any atom is 0.116 e. The smallest absolute Gasteiger partial charge is 0.116 e. The van der Waals surface area contributed by atoms with Gasteiger partial charge in [0.25, 0.3) is 0 Å². The number of halogens is 1. The Hall–Kier alpha value is -0.990. The zero-order valence-electron chi connectivity index (χ0n) is 11.1. The van der Waals surface area contributed by atoms with Crippen LogP contribution in [0.1, 0.15) is 31.2 Å². The van der Waals surface area contributed by atoms with Gasteiger partial charge in [-0.1, -0.05) is 17.7 Å². The third kappa shape index (κ3) is 3.76. The van der Waals surface area contributed by atoms with Gasteiger partial charge in [-0.2, -0.15) is 0 Å². The predicted molar refractivity (Wildman–Crippen MR) is 79.3 cm³/mol. The highest BCUT2D eigenvalue weighted by Gasteiger charge is 2.15. The van der Waals surface area contributed by atoms with Gasteiger partial charge in [0.05, 0.1) is 0 Å². The van der Waals surface area contributed by atoms with Crippen molar-refractivity contribution in [2.75, 3.05) is 20.6 Å². The van der Waals surface area contributed by atoms with Crippen molar-refractivity contribution in [3.63, 3.8) is 0 Å². The molecular formula is C15H22ClNO. The summed E-state index contributed by atoms with van der Waals surface area (Å²) in [6, 6.07) is 7.66. The van der Waals surface area contributed by atoms with Crippen LogP contribution in [0.5, 0.6) is 5.75 Å². The van der Waals surface area contributed by atoms with Crippen molar-refractivity contribution in [2.24, 2.45) is 0 Å². The number of allylic oxidation sites excluding steroid dienone is 1. The zero-order chi connectivity index (χ0) is 12.3. The zero-order valence-corrected chi connectivity index (χ0v) is 12.0. The number of nitrogens with zero attached hydrogens (tertiary/aromatic N) is 1. The number of rotatable bonds is 3. The normalized spacial score (nSPS) is 15.7. The molecule has 0 aromatic heterocycles. The Labute approximate surface area is 116 Å². The van der Waals surface area contributed by atoms with Crippen LogP contribution in [0.15, 0.2) is 29.8 Å². The topological polar surface area (TPSA) is 23.5 Å². The van der Waals surface area contributed by atoms with Crippen LogP contribution < -0.4 is 0 Å². The van der Waals surface area contributed by atoms with E-state index in [0.717, 1.165) is 13.0 Å². The SMILES string of the molecule is CN(C)CC1=C(c2cccc(O)c2)CCCC1.Cl. The number of likely N-dealkylation sites (N-methyl/N-ethyl adjacent to an activating group) is 1. The molecule has 0 atom stereocenters. The number of phenols is 1. The molecule has 0 unspecified atom stereocenters. The summed E-state index contributed by atoms with van der Waals surface area (Å²) in [6.45, 7) is 1.03. The second-order valence-electron chi connectivity index (χ2n) is 5.08. The summed E-state index contributed by atoms with van der Waals surface area (Å²) >= 11 is 0. The first-order valence-corrected chi connectivity index (χ1v) is 6.32. The fourth-order valence-corrected chi connectivity index (χ4v) is 2.57. The predicted octanol–water partition coefficient (Wildman–Crippen LogP) is 3.70. The Kier molecular flexibility index (Phi) is 5.70. The first-order valence-electron chi connectivity index (χ1n) is 6.32. The molecule has 0 spiro atoms. The molecule has 0 radical (unpaired) electrons. The van der Waals surface area contributed by atoms with E-state index in [1.165, 1.54) is 36.0 Å². The Morgan fingerprint density at radius 2 is 1.89 bits per heavy atom. The molecule has 1 aliphatic rings. The second-order valence-corrected chi connectivity index (χ2v) is 5.08. The highest BCUT2D eigenvalue weighted by atomic mass is 35.5. The summed E-state index contributed by atoms with van der Waals surface area (Å²) in [7, 11) is 4.23. The third-order valence-electron chi connectivity index (χ3n) is 3.28. The van der Waals surface area contributed by atoms with Gasteiger partial charge in [0, 0.05) is 6.54 Å². The van der Waals surface area contributed by atoms with Crippen LogP contribution in [0.2, 0.25) is 0 Å². The lowest BCUT2D eigenvalue weighted by molar-refractivity contribution is 0.434. The monoisotopic (exact) mass is 267 g/mol. The van der Waals surface area contributed by atoms with Gasteiger partial charge in [-0.3, -0.25) is 0 Å². The van der Waals surface area contributed by atoms with E-state index in [2.05, 4.69) is 25.1 Å². The van der Waals surface area contributed by atoms with Crippen molar-refractivity contribution in [3.05, 3.63) is 35.4 Å². The summed E-state index contributed by atoms with van der Waals surface area (Å²) in [4.78, 5) is 2.23. The molecule has 0 saturated heterocycles. The average molecular weight is 268 g/mol. The van der Waals surface area contributed by atoms with Gasteiger partial charge in [-0.15, -0.1) is 12.4 Å². The first kappa shape index (κ1) is 15.1. The molecule has 1 aromatic rings. The van der Waals surface area contributed by atoms with Crippen LogP contribution in [0, 0.1) is 0 Å². The third-order valence-corrected chi connectivity index (χ3v) is 3.28. The van der Waals surface area contributed by atoms with Gasteiger partial charge in [0.15, 0.2) is 0 Å². The van der Waals surface area contributed by atoms with Crippen LogP contribution in [0.4, 0.5) is 0 Å². The van der Waals surface area contributed by atoms with E-state index < -0.39 is 0 Å². The molecule has 1 aromatic carbocycles. The summed E-state index contributed by atoms with van der Waals surface area (Å²) in [5.74, 6) is 0.366. The number of phenolic OH excluding ortho intramolecular Hbond substituents is 1. The van der Waals surface area contributed by atoms with Gasteiger partial charge < -0.3 is 10.0 Å². The molecule has 0 fully saturated rings. The van der Waals surface area contributed by atoms with Crippen LogP contribution in [0.3, 0.4) is 0 Å². The Balaban J connectivity index is 0.00000162. The van der Waals surface area contributed by atoms with Crippen molar-refractivity contribution in [3.8, 4) is 5.75 Å². The maximum atomic E-state index is 9.58. The molecule has 0 bridgehead atoms. The van der Waals surface area contributed by atoms with Crippen molar-refractivity contribution in [1.29, 1.82) is 0 Å². The Morgan fingerprint density at radius 3 is 2.56 bits per heavy atom. The number of hydrogen-bond acceptors (Lipinski definition) is 2. The van der Waals surface area contributed by atoms with Crippen molar-refractivity contribution in [2.45, 2.75) is 25.7 Å². The fraction of sp³-hybridized carbons (Fsp3) is 0.467. The molecule has 2 rings (SSSR count). The lowest BCUT2D eigenvalue weighted by Gasteiger charge is -2.23. The summed E-state index contributed by atoms with van der Waals surface area (Å²) in [5.41, 5.74) is 4.18. The van der Waals surface area contributed by atoms with Crippen molar-refractivity contribution >= 4 is 18.0 Å². The number of hydrogen-bond donors (Lipinski definition) is 1. The van der Waals surface area contributed by atoms with E-state index in [0.29, 0.717) is 5.75 Å². The van der Waals surface area contributed by atoms with Gasteiger partial charge in [-0.05, 0) is 63.0 Å². The molecular weight excluding hydrogens is 246 g/mol. The van der Waals surface area contributed by atoms with Crippen LogP contribution in [-0.4, -0.2) is 30.6 Å². The van der Waals surface area contributed by atoms with Crippen LogP contribution in [-0.2, 0) is 0 Å². The highest BCUT2D eigenvalue weighted by Crippen LogP contribution is 2.33. The number of benzene rings is 1. The standard InChI is InChI=1S/C15H21NO.ClH/c1-16(2)11-13-6-3-4-9-15(13)12-7-5-8-14(17)10-12;/h5,7-8,10,17H,3-4,6,9,11H2,1-2H3;1H. The van der Waals surface area contributed by atoms with Crippen molar-refractivity contribution < 1.29 is 5.11 Å². The first-order chi connectivity index (χ1) is 8.16. The Bertz CT molecular complexity index is 426. The minimum absolute atomic E-state index is 0. The molecule has 3 heteroatoms. The summed E-state index contributed by atoms with van der Waals surface area (Å²) < 4.78 is 0.